The molecule has 0 amide bonds. The van der Waals surface area contributed by atoms with Gasteiger partial charge in [-0.1, -0.05) is 18.2 Å². The molecule has 1 heterocycles. The molecule has 2 atom stereocenters. The second kappa shape index (κ2) is 4.05. The molecular weight excluding hydrogens is 184 g/mol. The first-order valence-electron chi connectivity index (χ1n) is 4.88. The second-order valence-corrected chi connectivity index (χ2v) is 3.68. The van der Waals surface area contributed by atoms with E-state index >= 15 is 0 Å². The fourth-order valence-electron chi connectivity index (χ4n) is 1.88. The standard InChI is InChI=1S/C11H13F2N/c12-10-4-2-1-3-9(10)11(13)8-5-6-14-7-8/h1-4,8,11,14H,5-7H2. The van der Waals surface area contributed by atoms with E-state index in [9.17, 15) is 8.78 Å². The van der Waals surface area contributed by atoms with Gasteiger partial charge in [-0.2, -0.15) is 0 Å². The van der Waals surface area contributed by atoms with Crippen LogP contribution in [0.4, 0.5) is 8.78 Å². The maximum absolute atomic E-state index is 13.8. The zero-order valence-corrected chi connectivity index (χ0v) is 7.84. The molecule has 2 rings (SSSR count). The average Bonchev–Trinajstić information content (AvgIpc) is 2.70. The van der Waals surface area contributed by atoms with Crippen molar-refractivity contribution < 1.29 is 8.78 Å². The largest absolute Gasteiger partial charge is 0.316 e. The molecule has 1 N–H and O–H groups in total. The topological polar surface area (TPSA) is 12.0 Å². The first kappa shape index (κ1) is 9.59. The molecule has 1 aliphatic heterocycles. The number of hydrogen-bond donors (Lipinski definition) is 1. The Hall–Kier alpha value is -0.960. The van der Waals surface area contributed by atoms with Crippen molar-refractivity contribution in [2.75, 3.05) is 13.1 Å². The molecule has 1 nitrogen and oxygen atoms in total. The van der Waals surface area contributed by atoms with Crippen LogP contribution in [-0.4, -0.2) is 13.1 Å². The molecule has 1 fully saturated rings. The molecule has 2 unspecified atom stereocenters. The first-order chi connectivity index (χ1) is 6.79. The summed E-state index contributed by atoms with van der Waals surface area (Å²) in [6, 6.07) is 6.09. The highest BCUT2D eigenvalue weighted by atomic mass is 19.1. The second-order valence-electron chi connectivity index (χ2n) is 3.68. The minimum absolute atomic E-state index is 0.0769. The van der Waals surface area contributed by atoms with Crippen LogP contribution in [0, 0.1) is 11.7 Å². The third-order valence-corrected chi connectivity index (χ3v) is 2.71. The van der Waals surface area contributed by atoms with Crippen molar-refractivity contribution in [2.45, 2.75) is 12.6 Å². The lowest BCUT2D eigenvalue weighted by atomic mass is 9.96. The van der Waals surface area contributed by atoms with Crippen LogP contribution in [0.25, 0.3) is 0 Å². The zero-order valence-electron chi connectivity index (χ0n) is 7.84. The van der Waals surface area contributed by atoms with E-state index < -0.39 is 12.0 Å². The van der Waals surface area contributed by atoms with Gasteiger partial charge in [0.15, 0.2) is 0 Å². The van der Waals surface area contributed by atoms with Crippen LogP contribution in [-0.2, 0) is 0 Å². The maximum atomic E-state index is 13.8. The number of benzene rings is 1. The van der Waals surface area contributed by atoms with Crippen LogP contribution in [0.2, 0.25) is 0 Å². The first-order valence-corrected chi connectivity index (χ1v) is 4.88. The van der Waals surface area contributed by atoms with Crippen LogP contribution < -0.4 is 5.32 Å². The number of halogens is 2. The summed E-state index contributed by atoms with van der Waals surface area (Å²) in [6.07, 6.45) is -0.388. The minimum Gasteiger partial charge on any atom is -0.316 e. The van der Waals surface area contributed by atoms with Gasteiger partial charge in [0.25, 0.3) is 0 Å². The van der Waals surface area contributed by atoms with E-state index in [-0.39, 0.29) is 11.5 Å². The normalized spacial score (nSPS) is 23.7. The van der Waals surface area contributed by atoms with Gasteiger partial charge < -0.3 is 5.32 Å². The van der Waals surface area contributed by atoms with E-state index in [1.54, 1.807) is 12.1 Å². The van der Waals surface area contributed by atoms with Crippen molar-refractivity contribution in [1.29, 1.82) is 0 Å². The van der Waals surface area contributed by atoms with E-state index in [4.69, 9.17) is 0 Å². The maximum Gasteiger partial charge on any atom is 0.132 e. The summed E-state index contributed by atoms with van der Waals surface area (Å²) >= 11 is 0. The fourth-order valence-corrected chi connectivity index (χ4v) is 1.88. The van der Waals surface area contributed by atoms with Crippen molar-refractivity contribution in [3.05, 3.63) is 35.6 Å². The van der Waals surface area contributed by atoms with Crippen LogP contribution >= 0.6 is 0 Å². The van der Waals surface area contributed by atoms with Gasteiger partial charge >= 0.3 is 0 Å². The highest BCUT2D eigenvalue weighted by Gasteiger charge is 2.27. The lowest BCUT2D eigenvalue weighted by molar-refractivity contribution is 0.239. The predicted molar refractivity (Wildman–Crippen MR) is 51.2 cm³/mol. The van der Waals surface area contributed by atoms with Crippen LogP contribution in [0.15, 0.2) is 24.3 Å². The zero-order chi connectivity index (χ0) is 9.97. The van der Waals surface area contributed by atoms with Gasteiger partial charge in [-0.05, 0) is 19.0 Å². The Balaban J connectivity index is 2.17. The molecule has 0 aliphatic carbocycles. The number of nitrogens with one attached hydrogen (secondary N) is 1. The summed E-state index contributed by atoms with van der Waals surface area (Å²) in [5.41, 5.74) is 0.196. The van der Waals surface area contributed by atoms with Gasteiger partial charge in [0.05, 0.1) is 0 Å². The Kier molecular flexibility index (Phi) is 2.77. The lowest BCUT2D eigenvalue weighted by Gasteiger charge is -2.15. The number of hydrogen-bond acceptors (Lipinski definition) is 1. The van der Waals surface area contributed by atoms with Crippen LogP contribution in [0.5, 0.6) is 0 Å². The van der Waals surface area contributed by atoms with Crippen molar-refractivity contribution in [3.8, 4) is 0 Å². The Morgan fingerprint density at radius 3 is 2.79 bits per heavy atom. The Morgan fingerprint density at radius 1 is 1.36 bits per heavy atom. The van der Waals surface area contributed by atoms with Crippen molar-refractivity contribution in [1.82, 2.24) is 5.32 Å². The van der Waals surface area contributed by atoms with Gasteiger partial charge in [0.2, 0.25) is 0 Å². The van der Waals surface area contributed by atoms with E-state index in [1.807, 2.05) is 0 Å². The van der Waals surface area contributed by atoms with E-state index in [1.165, 1.54) is 12.1 Å². The molecule has 0 saturated carbocycles. The molecule has 3 heteroatoms. The quantitative estimate of drug-likeness (QED) is 0.767. The van der Waals surface area contributed by atoms with E-state index in [0.717, 1.165) is 13.0 Å². The summed E-state index contributed by atoms with van der Waals surface area (Å²) in [5.74, 6) is -0.515. The predicted octanol–water partition coefficient (Wildman–Crippen LogP) is 2.45. The summed E-state index contributed by atoms with van der Waals surface area (Å²) in [5, 5.41) is 3.08. The Bertz CT molecular complexity index is 308. The third-order valence-electron chi connectivity index (χ3n) is 2.71. The van der Waals surface area contributed by atoms with Gasteiger partial charge in [0.1, 0.15) is 12.0 Å². The lowest BCUT2D eigenvalue weighted by Crippen LogP contribution is -2.14. The third kappa shape index (κ3) is 1.77. The SMILES string of the molecule is Fc1ccccc1C(F)C1CCNC1. The van der Waals surface area contributed by atoms with Crippen molar-refractivity contribution in [3.63, 3.8) is 0 Å². The Labute approximate surface area is 82.1 Å². The van der Waals surface area contributed by atoms with Crippen molar-refractivity contribution >= 4 is 0 Å². The smallest absolute Gasteiger partial charge is 0.132 e. The average molecular weight is 197 g/mol. The summed E-state index contributed by atoms with van der Waals surface area (Å²) in [4.78, 5) is 0. The molecule has 14 heavy (non-hydrogen) atoms. The molecule has 1 aliphatic rings. The number of alkyl halides is 1. The molecular formula is C11H13F2N. The summed E-state index contributed by atoms with van der Waals surface area (Å²) < 4.78 is 27.1. The molecule has 1 aromatic carbocycles. The monoisotopic (exact) mass is 197 g/mol. The highest BCUT2D eigenvalue weighted by molar-refractivity contribution is 5.20. The summed E-state index contributed by atoms with van der Waals surface area (Å²) in [7, 11) is 0. The van der Waals surface area contributed by atoms with E-state index in [2.05, 4.69) is 5.32 Å². The molecule has 0 radical (unpaired) electrons. The Morgan fingerprint density at radius 2 is 2.14 bits per heavy atom. The molecule has 0 bridgehead atoms. The molecule has 76 valence electrons. The van der Waals surface area contributed by atoms with E-state index in [0.29, 0.717) is 6.54 Å². The van der Waals surface area contributed by atoms with Gasteiger partial charge in [0, 0.05) is 18.0 Å². The van der Waals surface area contributed by atoms with Crippen molar-refractivity contribution in [2.24, 2.45) is 5.92 Å². The number of rotatable bonds is 2. The molecule has 0 aromatic heterocycles. The van der Waals surface area contributed by atoms with Gasteiger partial charge in [-0.25, -0.2) is 8.78 Å². The summed E-state index contributed by atoms with van der Waals surface area (Å²) in [6.45, 7) is 1.48. The van der Waals surface area contributed by atoms with Crippen LogP contribution in [0.3, 0.4) is 0 Å². The highest BCUT2D eigenvalue weighted by Crippen LogP contribution is 2.31. The minimum atomic E-state index is -1.17. The molecule has 0 spiro atoms. The molecule has 1 aromatic rings. The van der Waals surface area contributed by atoms with Gasteiger partial charge in [-0.15, -0.1) is 0 Å². The van der Waals surface area contributed by atoms with Gasteiger partial charge in [-0.3, -0.25) is 0 Å². The van der Waals surface area contributed by atoms with Crippen LogP contribution in [0.1, 0.15) is 18.2 Å². The fraction of sp³-hybridized carbons (Fsp3) is 0.455. The molecule has 1 saturated heterocycles.